The van der Waals surface area contributed by atoms with E-state index in [4.69, 9.17) is 18.9 Å². The SMILES string of the molecule is COC1(NC(=O)OC(C)(C)C)COC(C)(C)OC1. The highest BCUT2D eigenvalue weighted by Gasteiger charge is 2.42. The van der Waals surface area contributed by atoms with E-state index in [-0.39, 0.29) is 13.2 Å². The van der Waals surface area contributed by atoms with Crippen molar-refractivity contribution in [3.05, 3.63) is 0 Å². The molecule has 0 aromatic rings. The lowest BCUT2D eigenvalue weighted by molar-refractivity contribution is -0.310. The van der Waals surface area contributed by atoms with E-state index in [9.17, 15) is 4.79 Å². The predicted molar refractivity (Wildman–Crippen MR) is 65.1 cm³/mol. The molecule has 1 aliphatic rings. The van der Waals surface area contributed by atoms with Gasteiger partial charge in [-0.2, -0.15) is 0 Å². The topological polar surface area (TPSA) is 66.0 Å². The number of hydrogen-bond acceptors (Lipinski definition) is 5. The summed E-state index contributed by atoms with van der Waals surface area (Å²) in [7, 11) is 1.49. The Kier molecular flexibility index (Phi) is 4.25. The molecule has 1 saturated heterocycles. The summed E-state index contributed by atoms with van der Waals surface area (Å²) in [5.41, 5.74) is -1.56. The standard InChI is InChI=1S/C12H23NO5/c1-10(2,3)18-9(14)13-12(15-6)7-16-11(4,5)17-8-12/h7-8H2,1-6H3,(H,13,14). The second-order valence-corrected chi connectivity index (χ2v) is 5.80. The van der Waals surface area contributed by atoms with E-state index >= 15 is 0 Å². The van der Waals surface area contributed by atoms with Crippen LogP contribution in [0.15, 0.2) is 0 Å². The van der Waals surface area contributed by atoms with Gasteiger partial charge in [-0.15, -0.1) is 0 Å². The summed E-state index contributed by atoms with van der Waals surface area (Å²) in [5.74, 6) is -0.669. The first kappa shape index (κ1) is 15.2. The Hall–Kier alpha value is -0.850. The molecule has 106 valence electrons. The highest BCUT2D eigenvalue weighted by Crippen LogP contribution is 2.24. The molecule has 1 amide bonds. The third-order valence-electron chi connectivity index (χ3n) is 2.43. The van der Waals surface area contributed by atoms with Gasteiger partial charge >= 0.3 is 6.09 Å². The first-order chi connectivity index (χ1) is 8.08. The minimum atomic E-state index is -1.00. The van der Waals surface area contributed by atoms with Gasteiger partial charge in [0.15, 0.2) is 11.5 Å². The molecule has 0 spiro atoms. The van der Waals surface area contributed by atoms with Gasteiger partial charge in [0.1, 0.15) is 18.8 Å². The van der Waals surface area contributed by atoms with Crippen molar-refractivity contribution in [3.8, 4) is 0 Å². The maximum atomic E-state index is 11.7. The van der Waals surface area contributed by atoms with Gasteiger partial charge in [0.05, 0.1) is 0 Å². The average Bonchev–Trinajstić information content (AvgIpc) is 2.19. The van der Waals surface area contributed by atoms with Crippen molar-refractivity contribution < 1.29 is 23.7 Å². The molecule has 1 fully saturated rings. The molecule has 0 aromatic heterocycles. The first-order valence-corrected chi connectivity index (χ1v) is 5.92. The molecule has 0 bridgehead atoms. The molecular formula is C12H23NO5. The lowest BCUT2D eigenvalue weighted by Crippen LogP contribution is -2.62. The fraction of sp³-hybridized carbons (Fsp3) is 0.917. The Labute approximate surface area is 108 Å². The van der Waals surface area contributed by atoms with Crippen LogP contribution in [0.25, 0.3) is 0 Å². The number of hydrogen-bond donors (Lipinski definition) is 1. The van der Waals surface area contributed by atoms with E-state index in [1.54, 1.807) is 34.6 Å². The van der Waals surface area contributed by atoms with Crippen molar-refractivity contribution in [2.45, 2.75) is 51.7 Å². The van der Waals surface area contributed by atoms with E-state index < -0.39 is 23.2 Å². The van der Waals surface area contributed by atoms with Crippen LogP contribution < -0.4 is 5.32 Å². The third kappa shape index (κ3) is 4.44. The van der Waals surface area contributed by atoms with Crippen LogP contribution >= 0.6 is 0 Å². The smallest absolute Gasteiger partial charge is 0.410 e. The highest BCUT2D eigenvalue weighted by atomic mass is 16.7. The molecule has 0 aromatic carbocycles. The zero-order valence-corrected chi connectivity index (χ0v) is 12.0. The molecule has 0 aliphatic carbocycles. The molecule has 0 atom stereocenters. The van der Waals surface area contributed by atoms with Gasteiger partial charge in [-0.3, -0.25) is 5.32 Å². The van der Waals surface area contributed by atoms with Crippen LogP contribution in [0.5, 0.6) is 0 Å². The second-order valence-electron chi connectivity index (χ2n) is 5.80. The van der Waals surface area contributed by atoms with Crippen LogP contribution in [0.1, 0.15) is 34.6 Å². The quantitative estimate of drug-likeness (QED) is 0.765. The number of amides is 1. The van der Waals surface area contributed by atoms with Crippen LogP contribution in [0.4, 0.5) is 4.79 Å². The molecule has 1 heterocycles. The van der Waals surface area contributed by atoms with Crippen molar-refractivity contribution in [3.63, 3.8) is 0 Å². The maximum Gasteiger partial charge on any atom is 0.410 e. The number of ether oxygens (including phenoxy) is 4. The minimum absolute atomic E-state index is 0.204. The number of rotatable bonds is 2. The summed E-state index contributed by atoms with van der Waals surface area (Å²) in [5, 5.41) is 2.64. The number of methoxy groups -OCH3 is 1. The molecule has 1 aliphatic heterocycles. The van der Waals surface area contributed by atoms with Crippen molar-refractivity contribution >= 4 is 6.09 Å². The van der Waals surface area contributed by atoms with Gasteiger partial charge in [0, 0.05) is 7.11 Å². The Bertz CT molecular complexity index is 298. The zero-order valence-electron chi connectivity index (χ0n) is 12.0. The fourth-order valence-electron chi connectivity index (χ4n) is 1.39. The zero-order chi connectivity index (χ0) is 14.0. The van der Waals surface area contributed by atoms with E-state index in [1.807, 2.05) is 0 Å². The molecule has 1 rings (SSSR count). The summed E-state index contributed by atoms with van der Waals surface area (Å²) in [6, 6.07) is 0. The van der Waals surface area contributed by atoms with Crippen molar-refractivity contribution in [2.24, 2.45) is 0 Å². The summed E-state index contributed by atoms with van der Waals surface area (Å²) in [4.78, 5) is 11.7. The molecule has 0 radical (unpaired) electrons. The van der Waals surface area contributed by atoms with Gasteiger partial charge < -0.3 is 18.9 Å². The van der Waals surface area contributed by atoms with Crippen molar-refractivity contribution in [2.75, 3.05) is 20.3 Å². The molecular weight excluding hydrogens is 238 g/mol. The maximum absolute atomic E-state index is 11.7. The molecule has 18 heavy (non-hydrogen) atoms. The van der Waals surface area contributed by atoms with Gasteiger partial charge in [-0.25, -0.2) is 4.79 Å². The van der Waals surface area contributed by atoms with Crippen LogP contribution in [0.3, 0.4) is 0 Å². The lowest BCUT2D eigenvalue weighted by Gasteiger charge is -2.42. The summed E-state index contributed by atoms with van der Waals surface area (Å²) in [6.07, 6.45) is -0.559. The highest BCUT2D eigenvalue weighted by molar-refractivity contribution is 5.68. The average molecular weight is 261 g/mol. The fourth-order valence-corrected chi connectivity index (χ4v) is 1.39. The van der Waals surface area contributed by atoms with Gasteiger partial charge in [-0.1, -0.05) is 0 Å². The lowest BCUT2D eigenvalue weighted by atomic mass is 10.2. The van der Waals surface area contributed by atoms with E-state index in [1.165, 1.54) is 7.11 Å². The van der Waals surface area contributed by atoms with Gasteiger partial charge in [0.2, 0.25) is 0 Å². The largest absolute Gasteiger partial charge is 0.444 e. The van der Waals surface area contributed by atoms with E-state index in [0.717, 1.165) is 0 Å². The summed E-state index contributed by atoms with van der Waals surface area (Å²) >= 11 is 0. The number of alkyl carbamates (subject to hydrolysis) is 1. The monoisotopic (exact) mass is 261 g/mol. The van der Waals surface area contributed by atoms with E-state index in [2.05, 4.69) is 5.32 Å². The Balaban J connectivity index is 2.60. The first-order valence-electron chi connectivity index (χ1n) is 5.92. The Morgan fingerprint density at radius 3 is 2.11 bits per heavy atom. The minimum Gasteiger partial charge on any atom is -0.444 e. The Morgan fingerprint density at radius 2 is 1.72 bits per heavy atom. The van der Waals surface area contributed by atoms with Crippen molar-refractivity contribution in [1.82, 2.24) is 5.32 Å². The predicted octanol–water partition coefficient (Wildman–Crippen LogP) is 1.64. The molecule has 0 saturated carbocycles. The van der Waals surface area contributed by atoms with Crippen molar-refractivity contribution in [1.29, 1.82) is 0 Å². The number of carbonyl (C=O) groups is 1. The van der Waals surface area contributed by atoms with Crippen LogP contribution in [0.2, 0.25) is 0 Å². The van der Waals surface area contributed by atoms with Gasteiger partial charge in [0.25, 0.3) is 0 Å². The van der Waals surface area contributed by atoms with E-state index in [0.29, 0.717) is 0 Å². The number of nitrogens with one attached hydrogen (secondary N) is 1. The molecule has 6 heteroatoms. The third-order valence-corrected chi connectivity index (χ3v) is 2.43. The molecule has 0 unspecified atom stereocenters. The van der Waals surface area contributed by atoms with Crippen LogP contribution in [-0.2, 0) is 18.9 Å². The van der Waals surface area contributed by atoms with Crippen LogP contribution in [0, 0.1) is 0 Å². The van der Waals surface area contributed by atoms with Crippen LogP contribution in [-0.4, -0.2) is 43.5 Å². The Morgan fingerprint density at radius 1 is 1.22 bits per heavy atom. The second kappa shape index (κ2) is 5.03. The molecule has 6 nitrogen and oxygen atoms in total. The van der Waals surface area contributed by atoms with Gasteiger partial charge in [-0.05, 0) is 34.6 Å². The summed E-state index contributed by atoms with van der Waals surface area (Å²) in [6.45, 7) is 9.40. The number of carbonyl (C=O) groups excluding carboxylic acids is 1. The normalized spacial score (nSPS) is 22.3. The summed E-state index contributed by atoms with van der Waals surface area (Å²) < 4.78 is 21.4. The molecule has 1 N–H and O–H groups in total.